The second kappa shape index (κ2) is 15.4. The Morgan fingerprint density at radius 1 is 1.08 bits per heavy atom. The minimum atomic E-state index is -0.470. The van der Waals surface area contributed by atoms with Crippen molar-refractivity contribution < 1.29 is 4.79 Å². The molecule has 0 unspecified atom stereocenters. The molecule has 1 heterocycles. The molecule has 1 atom stereocenters. The Bertz CT molecular complexity index is 1010. The van der Waals surface area contributed by atoms with Crippen LogP contribution in [0.3, 0.4) is 0 Å². The Morgan fingerprint density at radius 3 is 2.44 bits per heavy atom. The van der Waals surface area contributed by atoms with Crippen LogP contribution in [0.2, 0.25) is 0 Å². The maximum absolute atomic E-state index is 12.4. The number of hydrogen-bond acceptors (Lipinski definition) is 7. The van der Waals surface area contributed by atoms with Gasteiger partial charge in [-0.15, -0.1) is 0 Å². The number of nitrogens with zero attached hydrogens (tertiary/aromatic N) is 3. The van der Waals surface area contributed by atoms with Crippen molar-refractivity contribution >= 4 is 29.2 Å². The minimum Gasteiger partial charge on any atom is -0.378 e. The molecule has 12 heteroatoms. The van der Waals surface area contributed by atoms with E-state index in [9.17, 15) is 9.59 Å². The highest BCUT2D eigenvalue weighted by Crippen LogP contribution is 2.16. The van der Waals surface area contributed by atoms with Crippen LogP contribution in [0.4, 0.5) is 22.0 Å². The Hall–Kier alpha value is -3.64. The molecule has 1 aromatic carbocycles. The molecule has 0 radical (unpaired) electrons. The predicted octanol–water partition coefficient (Wildman–Crippen LogP) is 1.30. The number of carbonyl (C=O) groups excluding carboxylic acids is 1. The van der Waals surface area contributed by atoms with Crippen LogP contribution in [0.1, 0.15) is 32.1 Å². The SMILES string of the molecule is CN(C)c1ccc(NC(=O)Nc2ccn(CCC[C@H](CCCNC(=N)N)NCCCN)c(=O)n2)cc1. The van der Waals surface area contributed by atoms with Crippen LogP contribution >= 0.6 is 0 Å². The molecule has 2 amide bonds. The number of aryl methyl sites for hydroxylation is 1. The number of anilines is 3. The Kier molecular flexibility index (Phi) is 12.2. The van der Waals surface area contributed by atoms with E-state index in [1.165, 1.54) is 4.57 Å². The fourth-order valence-corrected chi connectivity index (χ4v) is 3.63. The van der Waals surface area contributed by atoms with Crippen LogP contribution in [-0.2, 0) is 6.54 Å². The molecule has 0 spiro atoms. The third-order valence-electron chi connectivity index (χ3n) is 5.57. The second-order valence-corrected chi connectivity index (χ2v) is 8.73. The summed E-state index contributed by atoms with van der Waals surface area (Å²) in [7, 11) is 3.89. The fourth-order valence-electron chi connectivity index (χ4n) is 3.63. The number of rotatable bonds is 15. The van der Waals surface area contributed by atoms with Crippen molar-refractivity contribution in [3.63, 3.8) is 0 Å². The summed E-state index contributed by atoms with van der Waals surface area (Å²) < 4.78 is 1.54. The molecule has 0 saturated carbocycles. The molecule has 0 aliphatic heterocycles. The van der Waals surface area contributed by atoms with E-state index in [0.717, 1.165) is 44.3 Å². The Labute approximate surface area is 212 Å². The van der Waals surface area contributed by atoms with Crippen molar-refractivity contribution in [1.82, 2.24) is 20.2 Å². The van der Waals surface area contributed by atoms with E-state index in [2.05, 4.69) is 26.3 Å². The zero-order valence-electron chi connectivity index (χ0n) is 21.2. The van der Waals surface area contributed by atoms with E-state index in [4.69, 9.17) is 16.9 Å². The summed E-state index contributed by atoms with van der Waals surface area (Å²) in [6.45, 7) is 2.65. The average Bonchev–Trinajstić information content (AvgIpc) is 2.83. The van der Waals surface area contributed by atoms with Crippen LogP contribution < -0.4 is 43.3 Å². The number of benzene rings is 1. The van der Waals surface area contributed by atoms with Crippen molar-refractivity contribution in [1.29, 1.82) is 5.41 Å². The lowest BCUT2D eigenvalue weighted by Gasteiger charge is -2.19. The number of nitrogens with two attached hydrogens (primary N) is 2. The molecule has 12 nitrogen and oxygen atoms in total. The Balaban J connectivity index is 1.83. The van der Waals surface area contributed by atoms with Gasteiger partial charge in [0.25, 0.3) is 0 Å². The van der Waals surface area contributed by atoms with Crippen molar-refractivity contribution in [3.05, 3.63) is 47.0 Å². The molecule has 0 bridgehead atoms. The molecule has 2 aromatic rings. The van der Waals surface area contributed by atoms with Gasteiger partial charge in [-0.25, -0.2) is 9.59 Å². The van der Waals surface area contributed by atoms with Crippen LogP contribution in [0.25, 0.3) is 0 Å². The first kappa shape index (κ1) is 28.6. The van der Waals surface area contributed by atoms with Gasteiger partial charge in [0.2, 0.25) is 0 Å². The van der Waals surface area contributed by atoms with Crippen molar-refractivity contribution in [2.45, 2.75) is 44.7 Å². The number of amides is 2. The number of urea groups is 1. The van der Waals surface area contributed by atoms with Crippen LogP contribution in [0.5, 0.6) is 0 Å². The number of nitrogens with one attached hydrogen (secondary N) is 5. The fraction of sp³-hybridized carbons (Fsp3) is 0.500. The largest absolute Gasteiger partial charge is 0.378 e. The summed E-state index contributed by atoms with van der Waals surface area (Å²) in [5.41, 5.74) is 12.2. The number of carbonyl (C=O) groups is 1. The highest BCUT2D eigenvalue weighted by atomic mass is 16.2. The van der Waals surface area contributed by atoms with Gasteiger partial charge in [0.1, 0.15) is 5.82 Å². The second-order valence-electron chi connectivity index (χ2n) is 8.73. The van der Waals surface area contributed by atoms with E-state index in [1.807, 2.05) is 31.1 Å². The first-order valence-corrected chi connectivity index (χ1v) is 12.2. The first-order valence-electron chi connectivity index (χ1n) is 12.2. The maximum Gasteiger partial charge on any atom is 0.349 e. The monoisotopic (exact) mass is 500 g/mol. The normalized spacial score (nSPS) is 11.5. The summed E-state index contributed by atoms with van der Waals surface area (Å²) in [6, 6.07) is 8.83. The van der Waals surface area contributed by atoms with Crippen LogP contribution in [0.15, 0.2) is 41.3 Å². The molecule has 1 aromatic heterocycles. The van der Waals surface area contributed by atoms with Gasteiger partial charge in [-0.2, -0.15) is 4.98 Å². The quantitative estimate of drug-likeness (QED) is 0.109. The van der Waals surface area contributed by atoms with Gasteiger partial charge in [-0.05, 0) is 75.5 Å². The summed E-state index contributed by atoms with van der Waals surface area (Å²) in [4.78, 5) is 30.7. The Morgan fingerprint density at radius 2 is 1.81 bits per heavy atom. The van der Waals surface area contributed by atoms with Crippen molar-refractivity contribution in [2.75, 3.05) is 49.3 Å². The van der Waals surface area contributed by atoms with Gasteiger partial charge in [0, 0.05) is 50.8 Å². The summed E-state index contributed by atoms with van der Waals surface area (Å²) in [5.74, 6) is 0.168. The molecule has 198 valence electrons. The molecular formula is C24H40N10O2. The van der Waals surface area contributed by atoms with Crippen LogP contribution in [0, 0.1) is 5.41 Å². The van der Waals surface area contributed by atoms with E-state index in [0.29, 0.717) is 25.3 Å². The number of hydrogen-bond donors (Lipinski definition) is 7. The van der Waals surface area contributed by atoms with Gasteiger partial charge in [-0.1, -0.05) is 0 Å². The number of guanidine groups is 1. The van der Waals surface area contributed by atoms with Crippen LogP contribution in [-0.4, -0.2) is 61.3 Å². The topological polar surface area (TPSA) is 179 Å². The van der Waals surface area contributed by atoms with Crippen molar-refractivity contribution in [2.24, 2.45) is 11.5 Å². The lowest BCUT2D eigenvalue weighted by Crippen LogP contribution is -2.34. The molecular weight excluding hydrogens is 460 g/mol. The maximum atomic E-state index is 12.4. The standard InChI is InChI=1S/C24H40N10O2/c1-33(2)20-10-8-19(9-11-20)30-23(35)31-21-12-17-34(24(36)32-21)16-4-7-18(28-15-5-13-25)6-3-14-29-22(26)27/h8-12,17-18,28H,3-7,13-16,25H2,1-2H3,(H4,26,27,29)(H2,30,31,32,35,36)/t18-/m0/s1. The van der Waals surface area contributed by atoms with E-state index < -0.39 is 11.7 Å². The van der Waals surface area contributed by atoms with Gasteiger partial charge in [0.15, 0.2) is 5.96 Å². The van der Waals surface area contributed by atoms with Gasteiger partial charge in [0.05, 0.1) is 0 Å². The summed E-state index contributed by atoms with van der Waals surface area (Å²) >= 11 is 0. The van der Waals surface area contributed by atoms with Crippen molar-refractivity contribution in [3.8, 4) is 0 Å². The molecule has 0 aliphatic carbocycles. The predicted molar refractivity (Wildman–Crippen MR) is 146 cm³/mol. The van der Waals surface area contributed by atoms with E-state index in [-0.39, 0.29) is 17.8 Å². The summed E-state index contributed by atoms with van der Waals surface area (Å²) in [5, 5.41) is 18.9. The average molecular weight is 501 g/mol. The van der Waals surface area contributed by atoms with E-state index in [1.54, 1.807) is 24.4 Å². The zero-order valence-corrected chi connectivity index (χ0v) is 21.2. The zero-order chi connectivity index (χ0) is 26.3. The third-order valence-corrected chi connectivity index (χ3v) is 5.57. The third kappa shape index (κ3) is 10.7. The van der Waals surface area contributed by atoms with E-state index >= 15 is 0 Å². The van der Waals surface area contributed by atoms with Gasteiger partial charge >= 0.3 is 11.7 Å². The molecule has 9 N–H and O–H groups in total. The summed E-state index contributed by atoms with van der Waals surface area (Å²) in [6.07, 6.45) is 6.02. The highest BCUT2D eigenvalue weighted by Gasteiger charge is 2.10. The molecule has 0 saturated heterocycles. The molecule has 0 aliphatic rings. The highest BCUT2D eigenvalue weighted by molar-refractivity contribution is 5.99. The molecule has 0 fully saturated rings. The lowest BCUT2D eigenvalue weighted by atomic mass is 10.1. The lowest BCUT2D eigenvalue weighted by molar-refractivity contribution is 0.262. The van der Waals surface area contributed by atoms with Gasteiger partial charge in [-0.3, -0.25) is 15.3 Å². The molecule has 2 rings (SSSR count). The smallest absolute Gasteiger partial charge is 0.349 e. The molecule has 36 heavy (non-hydrogen) atoms. The number of aromatic nitrogens is 2. The minimum absolute atomic E-state index is 0.0244. The first-order chi connectivity index (χ1) is 17.3. The van der Waals surface area contributed by atoms with Gasteiger partial charge < -0.3 is 32.3 Å².